The summed E-state index contributed by atoms with van der Waals surface area (Å²) in [4.78, 5) is 2.33. The minimum Gasteiger partial charge on any atom is -0.386 e. The minimum atomic E-state index is -3.41. The zero-order chi connectivity index (χ0) is 15.7. The standard InChI is InChI=1S/C15H24N2O3S/c1-4-9-16-21(19,20)14-7-5-13(6-8-14)17-10-15(18,11-17)12(2)3/h5-8,12,16,18H,4,9-11H2,1-3H3. The summed E-state index contributed by atoms with van der Waals surface area (Å²) in [7, 11) is -3.41. The minimum absolute atomic E-state index is 0.214. The van der Waals surface area contributed by atoms with Crippen LogP contribution < -0.4 is 9.62 Å². The number of hydrogen-bond donors (Lipinski definition) is 2. The molecule has 2 rings (SSSR count). The highest BCUT2D eigenvalue weighted by Gasteiger charge is 2.43. The van der Waals surface area contributed by atoms with Crippen LogP contribution in [0.2, 0.25) is 0 Å². The number of benzene rings is 1. The van der Waals surface area contributed by atoms with E-state index in [1.165, 1.54) is 0 Å². The Bertz CT molecular complexity index is 575. The Morgan fingerprint density at radius 3 is 2.33 bits per heavy atom. The molecule has 0 amide bonds. The second-order valence-corrected chi connectivity index (χ2v) is 7.77. The van der Waals surface area contributed by atoms with Crippen molar-refractivity contribution in [2.45, 2.75) is 37.7 Å². The molecule has 0 saturated carbocycles. The molecule has 1 aliphatic rings. The molecule has 118 valence electrons. The van der Waals surface area contributed by atoms with Crippen LogP contribution in [0.5, 0.6) is 0 Å². The van der Waals surface area contributed by atoms with E-state index in [0.717, 1.165) is 12.1 Å². The summed E-state index contributed by atoms with van der Waals surface area (Å²) in [6, 6.07) is 6.81. The zero-order valence-corrected chi connectivity index (χ0v) is 13.7. The molecule has 0 unspecified atom stereocenters. The molecule has 2 N–H and O–H groups in total. The van der Waals surface area contributed by atoms with E-state index in [4.69, 9.17) is 0 Å². The lowest BCUT2D eigenvalue weighted by Crippen LogP contribution is -2.64. The van der Waals surface area contributed by atoms with E-state index in [1.807, 2.05) is 20.8 Å². The lowest BCUT2D eigenvalue weighted by molar-refractivity contribution is -0.0300. The number of β-amino-alcohol motifs (C(OH)–C–C–N with tert-alkyl or cyclic N) is 1. The van der Waals surface area contributed by atoms with E-state index in [0.29, 0.717) is 19.6 Å². The molecule has 0 atom stereocenters. The summed E-state index contributed by atoms with van der Waals surface area (Å²) < 4.78 is 26.5. The van der Waals surface area contributed by atoms with Gasteiger partial charge in [0.05, 0.1) is 4.90 Å². The summed E-state index contributed by atoms with van der Waals surface area (Å²) in [5.74, 6) is 0.214. The number of nitrogens with one attached hydrogen (secondary N) is 1. The SMILES string of the molecule is CCCNS(=O)(=O)c1ccc(N2CC(O)(C(C)C)C2)cc1. The molecular formula is C15H24N2O3S. The summed E-state index contributed by atoms with van der Waals surface area (Å²) in [6.07, 6.45) is 0.763. The molecule has 1 aliphatic heterocycles. The van der Waals surface area contributed by atoms with Crippen LogP contribution in [0.15, 0.2) is 29.2 Å². The first kappa shape index (κ1) is 16.3. The van der Waals surface area contributed by atoms with Gasteiger partial charge in [0.25, 0.3) is 0 Å². The van der Waals surface area contributed by atoms with Crippen molar-refractivity contribution in [3.05, 3.63) is 24.3 Å². The highest BCUT2D eigenvalue weighted by Crippen LogP contribution is 2.33. The van der Waals surface area contributed by atoms with Crippen LogP contribution in [-0.4, -0.2) is 38.8 Å². The van der Waals surface area contributed by atoms with Crippen LogP contribution in [0.1, 0.15) is 27.2 Å². The van der Waals surface area contributed by atoms with E-state index in [1.54, 1.807) is 24.3 Å². The van der Waals surface area contributed by atoms with Crippen LogP contribution in [0.4, 0.5) is 5.69 Å². The highest BCUT2D eigenvalue weighted by atomic mass is 32.2. The van der Waals surface area contributed by atoms with Crippen molar-refractivity contribution in [3.63, 3.8) is 0 Å². The quantitative estimate of drug-likeness (QED) is 0.837. The predicted octanol–water partition coefficient (Wildman–Crippen LogP) is 1.58. The van der Waals surface area contributed by atoms with Crippen molar-refractivity contribution < 1.29 is 13.5 Å². The molecule has 1 heterocycles. The third-order valence-electron chi connectivity index (χ3n) is 4.06. The Morgan fingerprint density at radius 1 is 1.29 bits per heavy atom. The first-order valence-corrected chi connectivity index (χ1v) is 8.84. The van der Waals surface area contributed by atoms with Crippen LogP contribution >= 0.6 is 0 Å². The van der Waals surface area contributed by atoms with Crippen molar-refractivity contribution in [2.24, 2.45) is 5.92 Å². The van der Waals surface area contributed by atoms with E-state index in [-0.39, 0.29) is 10.8 Å². The maximum absolute atomic E-state index is 12.0. The fourth-order valence-electron chi connectivity index (χ4n) is 2.32. The first-order valence-electron chi connectivity index (χ1n) is 7.35. The van der Waals surface area contributed by atoms with E-state index >= 15 is 0 Å². The maximum Gasteiger partial charge on any atom is 0.240 e. The van der Waals surface area contributed by atoms with E-state index in [2.05, 4.69) is 9.62 Å². The number of hydrogen-bond acceptors (Lipinski definition) is 4. The van der Waals surface area contributed by atoms with Crippen molar-refractivity contribution >= 4 is 15.7 Å². The van der Waals surface area contributed by atoms with Gasteiger partial charge >= 0.3 is 0 Å². The molecule has 0 aliphatic carbocycles. The van der Waals surface area contributed by atoms with E-state index < -0.39 is 15.6 Å². The molecule has 0 spiro atoms. The number of nitrogens with zero attached hydrogens (tertiary/aromatic N) is 1. The molecule has 1 fully saturated rings. The van der Waals surface area contributed by atoms with Gasteiger partial charge in [-0.25, -0.2) is 13.1 Å². The molecule has 0 radical (unpaired) electrons. The van der Waals surface area contributed by atoms with Gasteiger partial charge in [-0.2, -0.15) is 0 Å². The van der Waals surface area contributed by atoms with Gasteiger partial charge in [-0.15, -0.1) is 0 Å². The molecule has 5 nitrogen and oxygen atoms in total. The third-order valence-corrected chi connectivity index (χ3v) is 5.54. The molecule has 0 bridgehead atoms. The van der Waals surface area contributed by atoms with Crippen molar-refractivity contribution in [1.82, 2.24) is 4.72 Å². The first-order chi connectivity index (χ1) is 9.78. The lowest BCUT2D eigenvalue weighted by Gasteiger charge is -2.50. The maximum atomic E-state index is 12.0. The fourth-order valence-corrected chi connectivity index (χ4v) is 3.45. The summed E-state index contributed by atoms with van der Waals surface area (Å²) in [5.41, 5.74) is 0.308. The van der Waals surface area contributed by atoms with Crippen LogP contribution in [0.25, 0.3) is 0 Å². The smallest absolute Gasteiger partial charge is 0.240 e. The molecule has 1 aromatic carbocycles. The van der Waals surface area contributed by atoms with Crippen molar-refractivity contribution in [2.75, 3.05) is 24.5 Å². The largest absolute Gasteiger partial charge is 0.386 e. The number of rotatable bonds is 6. The van der Waals surface area contributed by atoms with Gasteiger partial charge in [0.1, 0.15) is 5.60 Å². The summed E-state index contributed by atoms with van der Waals surface area (Å²) >= 11 is 0. The monoisotopic (exact) mass is 312 g/mol. The van der Waals surface area contributed by atoms with Crippen LogP contribution in [0, 0.1) is 5.92 Å². The number of sulfonamides is 1. The summed E-state index contributed by atoms with van der Waals surface area (Å²) in [5, 5.41) is 10.3. The van der Waals surface area contributed by atoms with Crippen molar-refractivity contribution in [3.8, 4) is 0 Å². The highest BCUT2D eigenvalue weighted by molar-refractivity contribution is 7.89. The molecular weight excluding hydrogens is 288 g/mol. The second kappa shape index (κ2) is 5.94. The van der Waals surface area contributed by atoms with Gasteiger partial charge in [0, 0.05) is 25.3 Å². The van der Waals surface area contributed by atoms with Gasteiger partial charge in [0.15, 0.2) is 0 Å². The fraction of sp³-hybridized carbons (Fsp3) is 0.600. The van der Waals surface area contributed by atoms with Crippen LogP contribution in [0.3, 0.4) is 0 Å². The molecule has 0 aromatic heterocycles. The average Bonchev–Trinajstić information content (AvgIpc) is 2.41. The average molecular weight is 312 g/mol. The zero-order valence-electron chi connectivity index (χ0n) is 12.8. The molecule has 6 heteroatoms. The van der Waals surface area contributed by atoms with Crippen LogP contribution in [-0.2, 0) is 10.0 Å². The van der Waals surface area contributed by atoms with E-state index in [9.17, 15) is 13.5 Å². The topological polar surface area (TPSA) is 69.6 Å². The van der Waals surface area contributed by atoms with Gasteiger partial charge in [-0.3, -0.25) is 0 Å². The lowest BCUT2D eigenvalue weighted by atomic mass is 9.83. The molecule has 1 aromatic rings. The van der Waals surface area contributed by atoms with Gasteiger partial charge in [-0.1, -0.05) is 20.8 Å². The van der Waals surface area contributed by atoms with Gasteiger partial charge < -0.3 is 10.0 Å². The Hall–Kier alpha value is -1.11. The van der Waals surface area contributed by atoms with Gasteiger partial charge in [0.2, 0.25) is 10.0 Å². The second-order valence-electron chi connectivity index (χ2n) is 6.01. The Balaban J connectivity index is 2.04. The molecule has 1 saturated heterocycles. The van der Waals surface area contributed by atoms with Crippen molar-refractivity contribution in [1.29, 1.82) is 0 Å². The molecule has 21 heavy (non-hydrogen) atoms. The summed E-state index contributed by atoms with van der Waals surface area (Å²) in [6.45, 7) is 7.55. The predicted molar refractivity (Wildman–Crippen MR) is 83.9 cm³/mol. The Kier molecular flexibility index (Phi) is 4.60. The Labute approximate surface area is 127 Å². The third kappa shape index (κ3) is 3.39. The van der Waals surface area contributed by atoms with Gasteiger partial charge in [-0.05, 0) is 36.6 Å². The number of aliphatic hydroxyl groups is 1. The number of anilines is 1. The normalized spacial score (nSPS) is 17.9. The Morgan fingerprint density at radius 2 is 1.86 bits per heavy atom.